The van der Waals surface area contributed by atoms with Gasteiger partial charge in [-0.25, -0.2) is 14.3 Å². The maximum Gasteiger partial charge on any atom is 0.328 e. The zero-order chi connectivity index (χ0) is 20.1. The highest BCUT2D eigenvalue weighted by molar-refractivity contribution is 5.91. The van der Waals surface area contributed by atoms with Gasteiger partial charge in [0.2, 0.25) is 0 Å². The molecule has 0 atom stereocenters. The Morgan fingerprint density at radius 1 is 1.18 bits per heavy atom. The summed E-state index contributed by atoms with van der Waals surface area (Å²) >= 11 is 0. The minimum atomic E-state index is -0.436. The second-order valence-electron chi connectivity index (χ2n) is 7.84. The Labute approximate surface area is 160 Å². The Hall–Kier alpha value is -3.42. The molecule has 0 radical (unpaired) electrons. The van der Waals surface area contributed by atoms with Crippen LogP contribution in [0.1, 0.15) is 32.0 Å². The summed E-state index contributed by atoms with van der Waals surface area (Å²) in [4.78, 5) is 31.4. The van der Waals surface area contributed by atoms with Crippen molar-refractivity contribution in [1.82, 2.24) is 24.1 Å². The van der Waals surface area contributed by atoms with E-state index >= 15 is 0 Å². The number of fused-ring (bicyclic) bond motifs is 3. The first-order valence-corrected chi connectivity index (χ1v) is 9.08. The van der Waals surface area contributed by atoms with Crippen LogP contribution in [0.15, 0.2) is 46.1 Å². The normalized spacial score (nSPS) is 12.0. The molecule has 0 unspecified atom stereocenters. The fraction of sp³-hybridized carbons (Fsp3) is 0.300. The quantitative estimate of drug-likeness (QED) is 0.571. The average molecular weight is 378 g/mol. The topological polar surface area (TPSA) is 97.1 Å². The number of H-pyrrole nitrogens is 1. The number of rotatable bonds is 3. The molecule has 4 aromatic rings. The number of aromatic nitrogens is 5. The van der Waals surface area contributed by atoms with Crippen LogP contribution < -0.4 is 16.6 Å². The third kappa shape index (κ3) is 3.06. The molecule has 0 aliphatic rings. The number of hydrogen-bond acceptors (Lipinski definition) is 5. The summed E-state index contributed by atoms with van der Waals surface area (Å²) in [7, 11) is 0. The molecular formula is C20H22N6O2. The first kappa shape index (κ1) is 18.0. The van der Waals surface area contributed by atoms with Gasteiger partial charge in [-0.15, -0.1) is 0 Å². The molecule has 1 aromatic carbocycles. The van der Waals surface area contributed by atoms with Crippen molar-refractivity contribution in [3.05, 3.63) is 68.6 Å². The standard InChI is InChI=1S/C20H22N6O2/c1-12-9-16-22-17(14-7-5-6-8-15(14)26(16)24-12)21-10-13-11-25(20(2,3)4)19(28)23-18(13)27/h5-9,11H,10H2,1-4H3,(H,21,22)(H,23,27,28). The van der Waals surface area contributed by atoms with E-state index in [9.17, 15) is 9.59 Å². The van der Waals surface area contributed by atoms with E-state index in [1.54, 1.807) is 6.20 Å². The van der Waals surface area contributed by atoms with Gasteiger partial charge >= 0.3 is 5.69 Å². The third-order valence-electron chi connectivity index (χ3n) is 4.61. The second-order valence-corrected chi connectivity index (χ2v) is 7.84. The predicted molar refractivity (Wildman–Crippen MR) is 109 cm³/mol. The van der Waals surface area contributed by atoms with Gasteiger partial charge in [0, 0.05) is 29.7 Å². The molecule has 0 aliphatic heterocycles. The molecule has 144 valence electrons. The van der Waals surface area contributed by atoms with E-state index in [2.05, 4.69) is 20.4 Å². The fourth-order valence-electron chi connectivity index (χ4n) is 3.22. The number of aromatic amines is 1. The predicted octanol–water partition coefficient (Wildman–Crippen LogP) is 2.41. The Kier molecular flexibility index (Phi) is 4.06. The summed E-state index contributed by atoms with van der Waals surface area (Å²) in [6, 6.07) is 9.73. The van der Waals surface area contributed by atoms with Crippen LogP contribution in [-0.2, 0) is 12.1 Å². The molecule has 0 saturated carbocycles. The Bertz CT molecular complexity index is 1310. The molecular weight excluding hydrogens is 356 g/mol. The van der Waals surface area contributed by atoms with Gasteiger partial charge in [0.25, 0.3) is 5.56 Å². The maximum absolute atomic E-state index is 12.3. The van der Waals surface area contributed by atoms with Crippen molar-refractivity contribution in [2.24, 2.45) is 0 Å². The van der Waals surface area contributed by atoms with Crippen molar-refractivity contribution in [3.8, 4) is 0 Å². The van der Waals surface area contributed by atoms with E-state index in [1.165, 1.54) is 4.57 Å². The third-order valence-corrected chi connectivity index (χ3v) is 4.61. The average Bonchev–Trinajstić information content (AvgIpc) is 3.00. The lowest BCUT2D eigenvalue weighted by molar-refractivity contribution is 0.374. The van der Waals surface area contributed by atoms with Crippen molar-refractivity contribution < 1.29 is 0 Å². The smallest absolute Gasteiger partial charge is 0.328 e. The van der Waals surface area contributed by atoms with Crippen LogP contribution in [0.4, 0.5) is 5.82 Å². The van der Waals surface area contributed by atoms with E-state index in [0.29, 0.717) is 11.4 Å². The van der Waals surface area contributed by atoms with Crippen molar-refractivity contribution >= 4 is 22.4 Å². The van der Waals surface area contributed by atoms with E-state index in [4.69, 9.17) is 0 Å². The Balaban J connectivity index is 1.77. The van der Waals surface area contributed by atoms with Crippen LogP contribution >= 0.6 is 0 Å². The van der Waals surface area contributed by atoms with Crippen LogP contribution in [0, 0.1) is 6.92 Å². The van der Waals surface area contributed by atoms with Crippen molar-refractivity contribution in [2.75, 3.05) is 5.32 Å². The van der Waals surface area contributed by atoms with Gasteiger partial charge in [-0.05, 0) is 39.8 Å². The van der Waals surface area contributed by atoms with Crippen LogP contribution in [0.2, 0.25) is 0 Å². The van der Waals surface area contributed by atoms with Crippen LogP contribution in [0.5, 0.6) is 0 Å². The number of benzene rings is 1. The van der Waals surface area contributed by atoms with Crippen LogP contribution in [-0.4, -0.2) is 24.1 Å². The highest BCUT2D eigenvalue weighted by Crippen LogP contribution is 2.23. The van der Waals surface area contributed by atoms with E-state index in [-0.39, 0.29) is 6.54 Å². The highest BCUT2D eigenvalue weighted by Gasteiger charge is 2.17. The van der Waals surface area contributed by atoms with E-state index in [1.807, 2.05) is 62.5 Å². The van der Waals surface area contributed by atoms with Crippen molar-refractivity contribution in [2.45, 2.75) is 39.8 Å². The SMILES string of the molecule is Cc1cc2nc(NCc3cn(C(C)(C)C)c(=O)[nH]c3=O)c3ccccc3n2n1. The number of nitrogens with one attached hydrogen (secondary N) is 2. The zero-order valence-electron chi connectivity index (χ0n) is 16.3. The van der Waals surface area contributed by atoms with Gasteiger partial charge in [-0.2, -0.15) is 5.10 Å². The molecule has 0 spiro atoms. The molecule has 0 fully saturated rings. The van der Waals surface area contributed by atoms with Gasteiger partial charge < -0.3 is 5.32 Å². The van der Waals surface area contributed by atoms with Crippen LogP contribution in [0.3, 0.4) is 0 Å². The lowest BCUT2D eigenvalue weighted by Gasteiger charge is -2.22. The highest BCUT2D eigenvalue weighted by atomic mass is 16.2. The second kappa shape index (κ2) is 6.33. The lowest BCUT2D eigenvalue weighted by atomic mass is 10.1. The first-order valence-electron chi connectivity index (χ1n) is 9.08. The summed E-state index contributed by atoms with van der Waals surface area (Å²) < 4.78 is 3.34. The molecule has 3 heterocycles. The minimum Gasteiger partial charge on any atom is -0.365 e. The molecule has 4 rings (SSSR count). The molecule has 8 nitrogen and oxygen atoms in total. The van der Waals surface area contributed by atoms with Gasteiger partial charge in [-0.3, -0.25) is 14.3 Å². The van der Waals surface area contributed by atoms with Gasteiger partial charge in [0.1, 0.15) is 5.82 Å². The summed E-state index contributed by atoms with van der Waals surface area (Å²) in [5.74, 6) is 0.663. The molecule has 8 heteroatoms. The molecule has 0 bridgehead atoms. The summed E-state index contributed by atoms with van der Waals surface area (Å²) in [5.41, 5.74) is 1.75. The molecule has 2 N–H and O–H groups in total. The fourth-order valence-corrected chi connectivity index (χ4v) is 3.22. The summed E-state index contributed by atoms with van der Waals surface area (Å²) in [5, 5.41) is 8.65. The zero-order valence-corrected chi connectivity index (χ0v) is 16.3. The van der Waals surface area contributed by atoms with E-state index in [0.717, 1.165) is 22.2 Å². The van der Waals surface area contributed by atoms with Gasteiger partial charge in [0.15, 0.2) is 5.65 Å². The van der Waals surface area contributed by atoms with E-state index < -0.39 is 16.8 Å². The Morgan fingerprint density at radius 2 is 1.93 bits per heavy atom. The molecule has 0 amide bonds. The molecule has 0 aliphatic carbocycles. The summed E-state index contributed by atoms with van der Waals surface area (Å²) in [6.45, 7) is 7.90. The first-order chi connectivity index (χ1) is 13.2. The molecule has 0 saturated heterocycles. The summed E-state index contributed by atoms with van der Waals surface area (Å²) in [6.07, 6.45) is 1.61. The number of nitrogens with zero attached hydrogens (tertiary/aromatic N) is 4. The lowest BCUT2D eigenvalue weighted by Crippen LogP contribution is -2.40. The monoisotopic (exact) mass is 378 g/mol. The number of hydrogen-bond donors (Lipinski definition) is 2. The number of aryl methyl sites for hydroxylation is 1. The van der Waals surface area contributed by atoms with Crippen molar-refractivity contribution in [3.63, 3.8) is 0 Å². The largest absolute Gasteiger partial charge is 0.365 e. The molecule has 28 heavy (non-hydrogen) atoms. The minimum absolute atomic E-state index is 0.242. The number of para-hydroxylation sites is 1. The molecule has 3 aromatic heterocycles. The van der Waals surface area contributed by atoms with Gasteiger partial charge in [0.05, 0.1) is 16.8 Å². The van der Waals surface area contributed by atoms with Crippen LogP contribution in [0.25, 0.3) is 16.6 Å². The number of anilines is 1. The maximum atomic E-state index is 12.3. The van der Waals surface area contributed by atoms with Gasteiger partial charge in [-0.1, -0.05) is 12.1 Å². The van der Waals surface area contributed by atoms with Crippen molar-refractivity contribution in [1.29, 1.82) is 0 Å². The Morgan fingerprint density at radius 3 is 2.68 bits per heavy atom.